The molecule has 2 saturated carbocycles. The summed E-state index contributed by atoms with van der Waals surface area (Å²) in [5.41, 5.74) is 0.128. The topological polar surface area (TPSA) is 55.8 Å². The van der Waals surface area contributed by atoms with Gasteiger partial charge in [0.25, 0.3) is 0 Å². The summed E-state index contributed by atoms with van der Waals surface area (Å²) in [5.74, 6) is 1.64. The van der Waals surface area contributed by atoms with Crippen molar-refractivity contribution < 1.29 is 19.4 Å². The van der Waals surface area contributed by atoms with E-state index < -0.39 is 5.41 Å². The van der Waals surface area contributed by atoms with E-state index >= 15 is 0 Å². The van der Waals surface area contributed by atoms with Gasteiger partial charge >= 0.3 is 0 Å². The Balaban J connectivity index is 2.02. The van der Waals surface area contributed by atoms with Gasteiger partial charge in [-0.3, -0.25) is 4.79 Å². The van der Waals surface area contributed by atoms with Gasteiger partial charge in [-0.2, -0.15) is 0 Å². The highest BCUT2D eigenvalue weighted by molar-refractivity contribution is 6.33. The van der Waals surface area contributed by atoms with E-state index in [2.05, 4.69) is 6.92 Å². The van der Waals surface area contributed by atoms with Gasteiger partial charge in [-0.05, 0) is 48.6 Å². The van der Waals surface area contributed by atoms with Crippen LogP contribution in [-0.2, 0) is 11.2 Å². The molecule has 0 aliphatic heterocycles. The van der Waals surface area contributed by atoms with Crippen LogP contribution in [0.1, 0.15) is 45.1 Å². The van der Waals surface area contributed by atoms with Crippen LogP contribution >= 0.6 is 11.6 Å². The van der Waals surface area contributed by atoms with Crippen molar-refractivity contribution in [2.75, 3.05) is 14.2 Å². The molecule has 25 heavy (non-hydrogen) atoms. The van der Waals surface area contributed by atoms with Crippen molar-refractivity contribution in [1.29, 1.82) is 0 Å². The van der Waals surface area contributed by atoms with Crippen molar-refractivity contribution in [1.82, 2.24) is 0 Å². The van der Waals surface area contributed by atoms with Crippen LogP contribution in [0, 0.1) is 16.7 Å². The first-order valence-corrected chi connectivity index (χ1v) is 9.26. The maximum Gasteiger partial charge on any atom is 0.141 e. The van der Waals surface area contributed by atoms with Gasteiger partial charge in [0.2, 0.25) is 0 Å². The average Bonchev–Trinajstić information content (AvgIpc) is 2.90. The predicted octanol–water partition coefficient (Wildman–Crippen LogP) is 4.05. The summed E-state index contributed by atoms with van der Waals surface area (Å²) in [4.78, 5) is 12.9. The number of benzene rings is 1. The fourth-order valence-corrected chi connectivity index (χ4v) is 5.36. The maximum atomic E-state index is 12.9. The van der Waals surface area contributed by atoms with Crippen LogP contribution < -0.4 is 9.47 Å². The minimum absolute atomic E-state index is 0.157. The van der Waals surface area contributed by atoms with Crippen LogP contribution in [0.25, 0.3) is 0 Å². The summed E-state index contributed by atoms with van der Waals surface area (Å²) in [6.45, 7) is 4.17. The number of carbonyl (C=O) groups excluding carboxylic acids is 1. The fourth-order valence-electron chi connectivity index (χ4n) is 5.11. The number of ketones is 1. The summed E-state index contributed by atoms with van der Waals surface area (Å²) in [5, 5.41) is 11.0. The largest absolute Gasteiger partial charge is 0.497 e. The lowest BCUT2D eigenvalue weighted by Gasteiger charge is -2.49. The lowest BCUT2D eigenvalue weighted by molar-refractivity contribution is -0.143. The van der Waals surface area contributed by atoms with E-state index in [0.29, 0.717) is 29.4 Å². The van der Waals surface area contributed by atoms with Crippen LogP contribution in [0.2, 0.25) is 5.02 Å². The summed E-state index contributed by atoms with van der Waals surface area (Å²) < 4.78 is 10.7. The molecule has 3 rings (SSSR count). The zero-order valence-electron chi connectivity index (χ0n) is 15.4. The Morgan fingerprint density at radius 2 is 1.96 bits per heavy atom. The molecule has 1 aromatic rings. The van der Waals surface area contributed by atoms with Crippen LogP contribution in [0.5, 0.6) is 11.5 Å². The zero-order valence-corrected chi connectivity index (χ0v) is 16.2. The summed E-state index contributed by atoms with van der Waals surface area (Å²) >= 11 is 6.53. The third kappa shape index (κ3) is 2.83. The minimum atomic E-state index is -0.536. The molecule has 4 nitrogen and oxygen atoms in total. The van der Waals surface area contributed by atoms with Gasteiger partial charge in [0.15, 0.2) is 0 Å². The van der Waals surface area contributed by atoms with Crippen LogP contribution in [-0.4, -0.2) is 31.2 Å². The van der Waals surface area contributed by atoms with Crippen molar-refractivity contribution >= 4 is 17.4 Å². The van der Waals surface area contributed by atoms with E-state index in [4.69, 9.17) is 21.1 Å². The Morgan fingerprint density at radius 3 is 2.60 bits per heavy atom. The van der Waals surface area contributed by atoms with Crippen LogP contribution in [0.4, 0.5) is 0 Å². The fraction of sp³-hybridized carbons (Fsp3) is 0.650. The highest BCUT2D eigenvalue weighted by Crippen LogP contribution is 2.59. The third-order valence-electron chi connectivity index (χ3n) is 6.68. The van der Waals surface area contributed by atoms with E-state index in [-0.39, 0.29) is 23.2 Å². The highest BCUT2D eigenvalue weighted by Gasteiger charge is 2.58. The molecule has 2 aliphatic carbocycles. The monoisotopic (exact) mass is 366 g/mol. The molecule has 0 spiro atoms. The number of carbonyl (C=O) groups is 1. The lowest BCUT2D eigenvalue weighted by atomic mass is 9.54. The Hall–Kier alpha value is -1.26. The number of rotatable bonds is 4. The standard InChI is InChI=1S/C20H27ClO4/c1-19-8-7-17(23)20(2,15(19)5-6-16(19)22)11-12-9-13(24-3)10-14(25-4)18(12)21/h9-10,15-16,22H,5-8,11H2,1-4H3. The van der Waals surface area contributed by atoms with Crippen molar-refractivity contribution in [2.45, 2.75) is 52.1 Å². The van der Waals surface area contributed by atoms with Gasteiger partial charge < -0.3 is 14.6 Å². The SMILES string of the molecule is COc1cc(CC2(C)C(=O)CCC3(C)C(O)CCC23)c(Cl)c(OC)c1. The van der Waals surface area contributed by atoms with Crippen LogP contribution in [0.15, 0.2) is 12.1 Å². The summed E-state index contributed by atoms with van der Waals surface area (Å²) in [7, 11) is 3.17. The molecule has 4 unspecified atom stereocenters. The highest BCUT2D eigenvalue weighted by atomic mass is 35.5. The molecular weight excluding hydrogens is 340 g/mol. The second kappa shape index (κ2) is 6.48. The number of fused-ring (bicyclic) bond motifs is 1. The number of Topliss-reactive ketones (excluding diaryl/α,β-unsaturated/α-hetero) is 1. The number of methoxy groups -OCH3 is 2. The molecule has 2 fully saturated rings. The van der Waals surface area contributed by atoms with Gasteiger partial charge in [-0.1, -0.05) is 25.4 Å². The molecule has 0 aromatic heterocycles. The van der Waals surface area contributed by atoms with Gasteiger partial charge in [-0.15, -0.1) is 0 Å². The Morgan fingerprint density at radius 1 is 1.24 bits per heavy atom. The second-order valence-corrected chi connectivity index (χ2v) is 8.35. The number of halogens is 1. The average molecular weight is 367 g/mol. The number of hydrogen-bond donors (Lipinski definition) is 1. The smallest absolute Gasteiger partial charge is 0.141 e. The molecule has 1 N–H and O–H groups in total. The van der Waals surface area contributed by atoms with Gasteiger partial charge in [0.05, 0.1) is 25.3 Å². The molecule has 2 aliphatic rings. The first-order chi connectivity index (χ1) is 11.8. The van der Waals surface area contributed by atoms with E-state index in [0.717, 1.165) is 24.8 Å². The molecule has 138 valence electrons. The Kier molecular flexibility index (Phi) is 4.80. The molecule has 5 heteroatoms. The van der Waals surface area contributed by atoms with E-state index in [1.807, 2.05) is 13.0 Å². The molecule has 1 aromatic carbocycles. The molecule has 0 bridgehead atoms. The maximum absolute atomic E-state index is 12.9. The van der Waals surface area contributed by atoms with E-state index in [1.165, 1.54) is 0 Å². The van der Waals surface area contributed by atoms with Crippen molar-refractivity contribution in [3.63, 3.8) is 0 Å². The predicted molar refractivity (Wildman–Crippen MR) is 97.4 cm³/mol. The summed E-state index contributed by atoms with van der Waals surface area (Å²) in [6, 6.07) is 3.64. The summed E-state index contributed by atoms with van der Waals surface area (Å²) in [6.07, 6.45) is 3.12. The van der Waals surface area contributed by atoms with Crippen LogP contribution in [0.3, 0.4) is 0 Å². The molecule has 0 amide bonds. The number of aliphatic hydroxyl groups is 1. The van der Waals surface area contributed by atoms with Crippen molar-refractivity contribution in [3.8, 4) is 11.5 Å². The first-order valence-electron chi connectivity index (χ1n) is 8.88. The molecule has 0 saturated heterocycles. The molecular formula is C20H27ClO4. The molecule has 0 radical (unpaired) electrons. The molecule has 4 atom stereocenters. The van der Waals surface area contributed by atoms with E-state index in [1.54, 1.807) is 20.3 Å². The van der Waals surface area contributed by atoms with Crippen molar-refractivity contribution in [3.05, 3.63) is 22.7 Å². The lowest BCUT2D eigenvalue weighted by Crippen LogP contribution is -2.50. The third-order valence-corrected chi connectivity index (χ3v) is 7.11. The molecule has 0 heterocycles. The normalized spacial score (nSPS) is 34.7. The van der Waals surface area contributed by atoms with E-state index in [9.17, 15) is 9.90 Å². The van der Waals surface area contributed by atoms with Gasteiger partial charge in [0, 0.05) is 17.9 Å². The Labute approximate surface area is 154 Å². The second-order valence-electron chi connectivity index (χ2n) is 7.97. The first kappa shape index (κ1) is 18.5. The van der Waals surface area contributed by atoms with Gasteiger partial charge in [-0.25, -0.2) is 0 Å². The Bertz CT molecular complexity index is 689. The zero-order chi connectivity index (χ0) is 18.4. The van der Waals surface area contributed by atoms with Gasteiger partial charge in [0.1, 0.15) is 17.3 Å². The number of hydrogen-bond acceptors (Lipinski definition) is 4. The number of aliphatic hydroxyl groups excluding tert-OH is 1. The number of ether oxygens (including phenoxy) is 2. The van der Waals surface area contributed by atoms with Crippen molar-refractivity contribution in [2.24, 2.45) is 16.7 Å². The minimum Gasteiger partial charge on any atom is -0.497 e. The quantitative estimate of drug-likeness (QED) is 0.873.